The van der Waals surface area contributed by atoms with E-state index < -0.39 is 11.6 Å². The lowest BCUT2D eigenvalue weighted by Gasteiger charge is -2.13. The lowest BCUT2D eigenvalue weighted by molar-refractivity contribution is 0.289. The van der Waals surface area contributed by atoms with Crippen LogP contribution in [0.3, 0.4) is 0 Å². The van der Waals surface area contributed by atoms with Crippen LogP contribution in [0.1, 0.15) is 24.1 Å². The average Bonchev–Trinajstić information content (AvgIpc) is 2.48. The molecule has 2 rings (SSSR count). The van der Waals surface area contributed by atoms with Crippen molar-refractivity contribution in [1.29, 1.82) is 0 Å². The Morgan fingerprint density at radius 3 is 2.52 bits per heavy atom. The summed E-state index contributed by atoms with van der Waals surface area (Å²) in [5.41, 5.74) is 1.42. The molecule has 0 aliphatic heterocycles. The second kappa shape index (κ2) is 6.87. The topological polar surface area (TPSA) is 21.3 Å². The summed E-state index contributed by atoms with van der Waals surface area (Å²) in [6, 6.07) is 9.22. The summed E-state index contributed by atoms with van der Waals surface area (Å²) in [7, 11) is 1.81. The standard InChI is InChI=1S/C16H16ClF2NO/c1-10(20-2)12-4-6-16(15(19)8-12)21-9-11-3-5-13(17)14(18)7-11/h3-8,10,20H,9H2,1-2H3. The molecule has 2 nitrogen and oxygen atoms in total. The van der Waals surface area contributed by atoms with Gasteiger partial charge in [-0.25, -0.2) is 8.78 Å². The average molecular weight is 312 g/mol. The molecule has 1 N–H and O–H groups in total. The number of halogens is 3. The largest absolute Gasteiger partial charge is 0.486 e. The zero-order valence-corrected chi connectivity index (χ0v) is 12.5. The smallest absolute Gasteiger partial charge is 0.165 e. The molecular formula is C16H16ClF2NO. The van der Waals surface area contributed by atoms with Crippen molar-refractivity contribution >= 4 is 11.6 Å². The van der Waals surface area contributed by atoms with E-state index in [0.717, 1.165) is 5.56 Å². The van der Waals surface area contributed by atoms with Crippen molar-refractivity contribution in [2.75, 3.05) is 7.05 Å². The van der Waals surface area contributed by atoms with Gasteiger partial charge in [-0.05, 0) is 49.4 Å². The molecular weight excluding hydrogens is 296 g/mol. The van der Waals surface area contributed by atoms with Crippen molar-refractivity contribution in [3.8, 4) is 5.75 Å². The second-order valence-electron chi connectivity index (χ2n) is 4.74. The monoisotopic (exact) mass is 311 g/mol. The minimum absolute atomic E-state index is 0.0512. The third kappa shape index (κ3) is 3.93. The molecule has 0 aliphatic rings. The number of nitrogens with one attached hydrogen (secondary N) is 1. The van der Waals surface area contributed by atoms with Crippen molar-refractivity contribution in [1.82, 2.24) is 5.32 Å². The normalized spacial score (nSPS) is 12.2. The molecule has 2 aromatic rings. The van der Waals surface area contributed by atoms with Crippen LogP contribution in [0, 0.1) is 11.6 Å². The maximum atomic E-state index is 13.9. The Labute approximate surface area is 127 Å². The highest BCUT2D eigenvalue weighted by atomic mass is 35.5. The van der Waals surface area contributed by atoms with Crippen LogP contribution < -0.4 is 10.1 Å². The molecule has 0 aliphatic carbocycles. The van der Waals surface area contributed by atoms with Gasteiger partial charge in [-0.1, -0.05) is 23.7 Å². The molecule has 0 heterocycles. The van der Waals surface area contributed by atoms with Gasteiger partial charge in [-0.2, -0.15) is 0 Å². The maximum Gasteiger partial charge on any atom is 0.165 e. The SMILES string of the molecule is CNC(C)c1ccc(OCc2ccc(Cl)c(F)c2)c(F)c1. The molecule has 1 unspecified atom stereocenters. The fourth-order valence-corrected chi connectivity index (χ4v) is 1.98. The van der Waals surface area contributed by atoms with E-state index in [2.05, 4.69) is 5.32 Å². The maximum absolute atomic E-state index is 13.9. The quantitative estimate of drug-likeness (QED) is 0.879. The van der Waals surface area contributed by atoms with E-state index in [1.807, 2.05) is 14.0 Å². The molecule has 0 aromatic heterocycles. The molecule has 0 saturated carbocycles. The van der Waals surface area contributed by atoms with Crippen molar-refractivity contribution in [3.05, 3.63) is 64.2 Å². The van der Waals surface area contributed by atoms with E-state index in [4.69, 9.17) is 16.3 Å². The highest BCUT2D eigenvalue weighted by molar-refractivity contribution is 6.30. The Morgan fingerprint density at radius 1 is 1.14 bits per heavy atom. The van der Waals surface area contributed by atoms with E-state index in [1.165, 1.54) is 18.2 Å². The summed E-state index contributed by atoms with van der Waals surface area (Å²) >= 11 is 5.60. The Morgan fingerprint density at radius 2 is 1.90 bits per heavy atom. The lowest BCUT2D eigenvalue weighted by atomic mass is 10.1. The Bertz CT molecular complexity index is 634. The van der Waals surface area contributed by atoms with E-state index in [-0.39, 0.29) is 23.4 Å². The number of ether oxygens (including phenoxy) is 1. The van der Waals surface area contributed by atoms with Crippen LogP contribution in [-0.4, -0.2) is 7.05 Å². The number of benzene rings is 2. The summed E-state index contributed by atoms with van der Waals surface area (Å²) in [5.74, 6) is -0.821. The summed E-state index contributed by atoms with van der Waals surface area (Å²) in [6.07, 6.45) is 0. The van der Waals surface area contributed by atoms with Gasteiger partial charge >= 0.3 is 0 Å². The van der Waals surface area contributed by atoms with Crippen LogP contribution in [-0.2, 0) is 6.61 Å². The first kappa shape index (κ1) is 15.7. The van der Waals surface area contributed by atoms with Crippen molar-refractivity contribution in [2.24, 2.45) is 0 Å². The molecule has 112 valence electrons. The molecule has 5 heteroatoms. The third-order valence-corrected chi connectivity index (χ3v) is 3.57. The molecule has 21 heavy (non-hydrogen) atoms. The first-order valence-electron chi connectivity index (χ1n) is 6.54. The fraction of sp³-hybridized carbons (Fsp3) is 0.250. The van der Waals surface area contributed by atoms with E-state index in [1.54, 1.807) is 18.2 Å². The molecule has 1 atom stereocenters. The third-order valence-electron chi connectivity index (χ3n) is 3.27. The molecule has 0 amide bonds. The van der Waals surface area contributed by atoms with E-state index in [9.17, 15) is 8.78 Å². The molecule has 0 bridgehead atoms. The van der Waals surface area contributed by atoms with Crippen molar-refractivity contribution in [2.45, 2.75) is 19.6 Å². The van der Waals surface area contributed by atoms with Gasteiger partial charge in [0.15, 0.2) is 11.6 Å². The zero-order valence-electron chi connectivity index (χ0n) is 11.8. The van der Waals surface area contributed by atoms with Gasteiger partial charge in [0.1, 0.15) is 12.4 Å². The van der Waals surface area contributed by atoms with Crippen LogP contribution in [0.5, 0.6) is 5.75 Å². The minimum Gasteiger partial charge on any atom is -0.486 e. The predicted molar refractivity (Wildman–Crippen MR) is 79.6 cm³/mol. The summed E-state index contributed by atoms with van der Waals surface area (Å²) in [4.78, 5) is 0. The van der Waals surface area contributed by atoms with Gasteiger partial charge in [-0.3, -0.25) is 0 Å². The van der Waals surface area contributed by atoms with E-state index >= 15 is 0 Å². The minimum atomic E-state index is -0.517. The van der Waals surface area contributed by atoms with Gasteiger partial charge in [0, 0.05) is 6.04 Å². The Balaban J connectivity index is 2.07. The highest BCUT2D eigenvalue weighted by Gasteiger charge is 2.09. The second-order valence-corrected chi connectivity index (χ2v) is 5.14. The summed E-state index contributed by atoms with van der Waals surface area (Å²) in [6.45, 7) is 2.01. The molecule has 0 fully saturated rings. The highest BCUT2D eigenvalue weighted by Crippen LogP contribution is 2.23. The lowest BCUT2D eigenvalue weighted by Crippen LogP contribution is -2.12. The van der Waals surface area contributed by atoms with Gasteiger partial charge < -0.3 is 10.1 Å². The van der Waals surface area contributed by atoms with E-state index in [0.29, 0.717) is 5.56 Å². The zero-order chi connectivity index (χ0) is 15.4. The van der Waals surface area contributed by atoms with Gasteiger partial charge in [0.25, 0.3) is 0 Å². The number of hydrogen-bond donors (Lipinski definition) is 1. The molecule has 0 saturated heterocycles. The van der Waals surface area contributed by atoms with Crippen LogP contribution in [0.2, 0.25) is 5.02 Å². The first-order valence-corrected chi connectivity index (χ1v) is 6.92. The van der Waals surface area contributed by atoms with Crippen molar-refractivity contribution in [3.63, 3.8) is 0 Å². The molecule has 2 aromatic carbocycles. The Hall–Kier alpha value is -1.65. The van der Waals surface area contributed by atoms with Gasteiger partial charge in [0.2, 0.25) is 0 Å². The first-order chi connectivity index (χ1) is 10.0. The van der Waals surface area contributed by atoms with Gasteiger partial charge in [0.05, 0.1) is 5.02 Å². The summed E-state index contributed by atoms with van der Waals surface area (Å²) in [5, 5.41) is 3.09. The van der Waals surface area contributed by atoms with Crippen LogP contribution in [0.15, 0.2) is 36.4 Å². The van der Waals surface area contributed by atoms with Crippen LogP contribution in [0.25, 0.3) is 0 Å². The number of hydrogen-bond acceptors (Lipinski definition) is 2. The van der Waals surface area contributed by atoms with Crippen LogP contribution in [0.4, 0.5) is 8.78 Å². The molecule has 0 radical (unpaired) electrons. The predicted octanol–water partition coefficient (Wildman–Crippen LogP) is 4.48. The fourth-order valence-electron chi connectivity index (χ4n) is 1.86. The molecule has 0 spiro atoms. The summed E-state index contributed by atoms with van der Waals surface area (Å²) < 4.78 is 32.6. The van der Waals surface area contributed by atoms with Crippen molar-refractivity contribution < 1.29 is 13.5 Å². The number of rotatable bonds is 5. The Kier molecular flexibility index (Phi) is 5.15. The van der Waals surface area contributed by atoms with Gasteiger partial charge in [-0.15, -0.1) is 0 Å². The van der Waals surface area contributed by atoms with Crippen LogP contribution >= 0.6 is 11.6 Å².